The third kappa shape index (κ3) is 3.70. The fourth-order valence-electron chi connectivity index (χ4n) is 2.93. The molecule has 0 aliphatic rings. The van der Waals surface area contributed by atoms with Gasteiger partial charge in [-0.2, -0.15) is 5.10 Å². The van der Waals surface area contributed by atoms with Crippen LogP contribution in [-0.4, -0.2) is 25.3 Å². The molecule has 1 N–H and O–H groups in total. The second-order valence-corrected chi connectivity index (χ2v) is 6.70. The lowest BCUT2D eigenvalue weighted by atomic mass is 10.1. The Labute approximate surface area is 166 Å². The molecule has 29 heavy (non-hydrogen) atoms. The highest BCUT2D eigenvalue weighted by Crippen LogP contribution is 2.17. The Hall–Kier alpha value is -4.00. The van der Waals surface area contributed by atoms with Crippen LogP contribution in [0.15, 0.2) is 71.9 Å². The smallest absolute Gasteiger partial charge is 0.268 e. The van der Waals surface area contributed by atoms with Gasteiger partial charge < -0.3 is 0 Å². The number of carbonyl (C=O) groups is 1. The van der Waals surface area contributed by atoms with E-state index in [2.05, 4.69) is 15.5 Å². The number of benzene rings is 2. The Morgan fingerprint density at radius 1 is 1.07 bits per heavy atom. The van der Waals surface area contributed by atoms with Gasteiger partial charge >= 0.3 is 0 Å². The quantitative estimate of drug-likeness (QED) is 0.548. The molecular weight excluding hydrogens is 366 g/mol. The lowest BCUT2D eigenvalue weighted by Crippen LogP contribution is -2.32. The molecule has 0 saturated carbocycles. The fraction of sp³-hybridized carbons (Fsp3) is 0.0909. The number of nitrogens with zero attached hydrogens (tertiary/aromatic N) is 4. The van der Waals surface area contributed by atoms with Crippen molar-refractivity contribution in [3.8, 4) is 5.69 Å². The molecule has 0 unspecified atom stereocenters. The molecule has 0 fully saturated rings. The number of nitrogens with one attached hydrogen (secondary N) is 1. The SMILES string of the molecule is Cc1ccc(-n2ncc3c(=O)n(NC(=O)/C=C/c4ccccc4)cnc32)cc1C. The summed E-state index contributed by atoms with van der Waals surface area (Å²) in [6.45, 7) is 4.05. The molecule has 0 spiro atoms. The Kier molecular flexibility index (Phi) is 4.78. The minimum Gasteiger partial charge on any atom is -0.268 e. The van der Waals surface area contributed by atoms with Crippen LogP contribution in [0.3, 0.4) is 0 Å². The van der Waals surface area contributed by atoms with Gasteiger partial charge in [0, 0.05) is 6.08 Å². The number of hydrogen-bond acceptors (Lipinski definition) is 4. The van der Waals surface area contributed by atoms with Gasteiger partial charge in [-0.15, -0.1) is 0 Å². The van der Waals surface area contributed by atoms with Crippen molar-refractivity contribution in [2.45, 2.75) is 13.8 Å². The van der Waals surface area contributed by atoms with Crippen molar-refractivity contribution in [3.63, 3.8) is 0 Å². The molecule has 1 amide bonds. The summed E-state index contributed by atoms with van der Waals surface area (Å²) in [6.07, 6.45) is 5.79. The zero-order valence-electron chi connectivity index (χ0n) is 16.0. The molecule has 0 saturated heterocycles. The van der Waals surface area contributed by atoms with Crippen molar-refractivity contribution in [3.05, 3.63) is 94.2 Å². The molecule has 0 atom stereocenters. The molecule has 4 rings (SSSR count). The van der Waals surface area contributed by atoms with Gasteiger partial charge in [0.25, 0.3) is 11.5 Å². The van der Waals surface area contributed by atoms with Gasteiger partial charge in [-0.25, -0.2) is 14.3 Å². The second kappa shape index (κ2) is 7.55. The molecule has 7 nitrogen and oxygen atoms in total. The summed E-state index contributed by atoms with van der Waals surface area (Å²) in [7, 11) is 0. The van der Waals surface area contributed by atoms with Gasteiger partial charge in [0.15, 0.2) is 5.65 Å². The van der Waals surface area contributed by atoms with E-state index in [1.807, 2.05) is 62.4 Å². The fourth-order valence-corrected chi connectivity index (χ4v) is 2.93. The van der Waals surface area contributed by atoms with Gasteiger partial charge in [0.05, 0.1) is 11.9 Å². The molecule has 2 aromatic heterocycles. The van der Waals surface area contributed by atoms with Crippen molar-refractivity contribution < 1.29 is 4.79 Å². The molecule has 7 heteroatoms. The number of fused-ring (bicyclic) bond motifs is 1. The third-order valence-electron chi connectivity index (χ3n) is 4.68. The Morgan fingerprint density at radius 2 is 1.86 bits per heavy atom. The summed E-state index contributed by atoms with van der Waals surface area (Å²) < 4.78 is 2.68. The maximum Gasteiger partial charge on any atom is 0.283 e. The van der Waals surface area contributed by atoms with Crippen molar-refractivity contribution in [1.29, 1.82) is 0 Å². The first-order valence-corrected chi connectivity index (χ1v) is 9.10. The largest absolute Gasteiger partial charge is 0.283 e. The molecule has 0 aliphatic carbocycles. The standard InChI is InChI=1S/C22H19N5O2/c1-15-8-10-18(12-16(15)2)27-21-19(13-24-27)22(29)26(14-23-21)25-20(28)11-9-17-6-4-3-5-7-17/h3-14H,1-2H3,(H,25,28)/b11-9+. The number of hydrogen-bond donors (Lipinski definition) is 1. The van der Waals surface area contributed by atoms with E-state index in [0.717, 1.165) is 21.5 Å². The number of aromatic nitrogens is 4. The molecular formula is C22H19N5O2. The van der Waals surface area contributed by atoms with Crippen molar-refractivity contribution in [1.82, 2.24) is 19.4 Å². The van der Waals surface area contributed by atoms with Crippen LogP contribution in [0.5, 0.6) is 0 Å². The Bertz CT molecular complexity index is 1290. The molecule has 0 aliphatic heterocycles. The van der Waals surface area contributed by atoms with Crippen LogP contribution in [0.4, 0.5) is 0 Å². The number of aryl methyl sites for hydroxylation is 2. The summed E-state index contributed by atoms with van der Waals surface area (Å²) in [4.78, 5) is 29.2. The summed E-state index contributed by atoms with van der Waals surface area (Å²) >= 11 is 0. The van der Waals surface area contributed by atoms with Crippen LogP contribution < -0.4 is 11.0 Å². The Morgan fingerprint density at radius 3 is 2.62 bits per heavy atom. The lowest BCUT2D eigenvalue weighted by molar-refractivity contribution is -0.112. The van der Waals surface area contributed by atoms with E-state index >= 15 is 0 Å². The second-order valence-electron chi connectivity index (χ2n) is 6.70. The van der Waals surface area contributed by atoms with Gasteiger partial charge in [0.2, 0.25) is 0 Å². The minimum absolute atomic E-state index is 0.318. The topological polar surface area (TPSA) is 81.8 Å². The highest BCUT2D eigenvalue weighted by Gasteiger charge is 2.12. The van der Waals surface area contributed by atoms with E-state index < -0.39 is 11.5 Å². The first-order chi connectivity index (χ1) is 14.0. The average Bonchev–Trinajstić information content (AvgIpc) is 3.16. The first-order valence-electron chi connectivity index (χ1n) is 9.10. The normalized spacial score (nSPS) is 11.2. The van der Waals surface area contributed by atoms with Crippen LogP contribution in [0.25, 0.3) is 22.8 Å². The monoisotopic (exact) mass is 385 g/mol. The summed E-state index contributed by atoms with van der Waals surface area (Å²) in [5.74, 6) is -0.432. The number of rotatable bonds is 4. The molecule has 4 aromatic rings. The maximum atomic E-state index is 12.7. The molecule has 0 bridgehead atoms. The van der Waals surface area contributed by atoms with Crippen LogP contribution in [-0.2, 0) is 4.79 Å². The average molecular weight is 385 g/mol. The first kappa shape index (κ1) is 18.4. The van der Waals surface area contributed by atoms with Crippen LogP contribution in [0.2, 0.25) is 0 Å². The van der Waals surface area contributed by atoms with E-state index in [0.29, 0.717) is 11.0 Å². The van der Waals surface area contributed by atoms with Crippen molar-refractivity contribution >= 4 is 23.0 Å². The molecule has 144 valence electrons. The van der Waals surface area contributed by atoms with Crippen LogP contribution in [0, 0.1) is 13.8 Å². The Balaban J connectivity index is 1.62. The van der Waals surface area contributed by atoms with E-state index in [4.69, 9.17) is 0 Å². The lowest BCUT2D eigenvalue weighted by Gasteiger charge is -2.08. The number of carbonyl (C=O) groups excluding carboxylic acids is 1. The van der Waals surface area contributed by atoms with E-state index in [1.54, 1.807) is 10.8 Å². The summed E-state index contributed by atoms with van der Waals surface area (Å²) in [5, 5.41) is 4.63. The predicted octanol–water partition coefficient (Wildman–Crippen LogP) is 2.98. The summed E-state index contributed by atoms with van der Waals surface area (Å²) in [5.41, 5.74) is 6.56. The molecule has 2 aromatic carbocycles. The highest BCUT2D eigenvalue weighted by molar-refractivity contribution is 5.97. The zero-order valence-corrected chi connectivity index (χ0v) is 16.0. The van der Waals surface area contributed by atoms with Crippen molar-refractivity contribution in [2.75, 3.05) is 5.43 Å². The predicted molar refractivity (Wildman–Crippen MR) is 112 cm³/mol. The van der Waals surface area contributed by atoms with Gasteiger partial charge in [-0.05, 0) is 48.7 Å². The van der Waals surface area contributed by atoms with Crippen LogP contribution >= 0.6 is 0 Å². The third-order valence-corrected chi connectivity index (χ3v) is 4.68. The van der Waals surface area contributed by atoms with Gasteiger partial charge in [-0.1, -0.05) is 36.4 Å². The van der Waals surface area contributed by atoms with Gasteiger partial charge in [-0.3, -0.25) is 15.0 Å². The summed E-state index contributed by atoms with van der Waals surface area (Å²) in [6, 6.07) is 15.3. The molecule has 0 radical (unpaired) electrons. The van der Waals surface area contributed by atoms with E-state index in [9.17, 15) is 9.59 Å². The highest BCUT2D eigenvalue weighted by atomic mass is 16.2. The van der Waals surface area contributed by atoms with E-state index in [-0.39, 0.29) is 0 Å². The molecule has 2 heterocycles. The minimum atomic E-state index is -0.432. The van der Waals surface area contributed by atoms with Crippen LogP contribution in [0.1, 0.15) is 16.7 Å². The van der Waals surface area contributed by atoms with Crippen molar-refractivity contribution in [2.24, 2.45) is 0 Å². The maximum absolute atomic E-state index is 12.7. The van der Waals surface area contributed by atoms with E-state index in [1.165, 1.54) is 24.2 Å². The zero-order chi connectivity index (χ0) is 20.4. The number of amides is 1. The van der Waals surface area contributed by atoms with Gasteiger partial charge in [0.1, 0.15) is 11.7 Å².